The number of rotatable bonds is 4. The van der Waals surface area contributed by atoms with Crippen molar-refractivity contribution in [2.45, 2.75) is 25.8 Å². The van der Waals surface area contributed by atoms with E-state index in [1.807, 2.05) is 0 Å². The monoisotopic (exact) mass is 360 g/mol. The molecule has 0 aliphatic carbocycles. The SMILES string of the molecule is CCN1CCC[C@@H]1CNC(=O)C(=O)Nc1ccc2c(c1)N(C)C(=O)CO2. The lowest BCUT2D eigenvalue weighted by molar-refractivity contribution is -0.136. The van der Waals surface area contributed by atoms with E-state index >= 15 is 0 Å². The predicted molar refractivity (Wildman–Crippen MR) is 97.3 cm³/mol. The summed E-state index contributed by atoms with van der Waals surface area (Å²) in [7, 11) is 1.64. The smallest absolute Gasteiger partial charge is 0.313 e. The van der Waals surface area contributed by atoms with Gasteiger partial charge in [-0.2, -0.15) is 0 Å². The van der Waals surface area contributed by atoms with Crippen molar-refractivity contribution in [2.24, 2.45) is 0 Å². The number of amides is 3. The van der Waals surface area contributed by atoms with Crippen LogP contribution in [-0.4, -0.2) is 62.0 Å². The van der Waals surface area contributed by atoms with Gasteiger partial charge in [0.2, 0.25) is 0 Å². The fourth-order valence-corrected chi connectivity index (χ4v) is 3.37. The number of ether oxygens (including phenoxy) is 1. The fourth-order valence-electron chi connectivity index (χ4n) is 3.37. The van der Waals surface area contributed by atoms with Gasteiger partial charge in [-0.05, 0) is 44.1 Å². The van der Waals surface area contributed by atoms with Crippen LogP contribution in [0.3, 0.4) is 0 Å². The zero-order valence-electron chi connectivity index (χ0n) is 15.1. The Morgan fingerprint density at radius 2 is 2.12 bits per heavy atom. The molecule has 3 rings (SSSR count). The van der Waals surface area contributed by atoms with E-state index in [1.54, 1.807) is 25.2 Å². The Labute approximate surface area is 152 Å². The Hall–Kier alpha value is -2.61. The van der Waals surface area contributed by atoms with Gasteiger partial charge in [0.15, 0.2) is 6.61 Å². The second kappa shape index (κ2) is 7.74. The first kappa shape index (κ1) is 18.2. The number of fused-ring (bicyclic) bond motifs is 1. The third kappa shape index (κ3) is 3.80. The molecule has 26 heavy (non-hydrogen) atoms. The van der Waals surface area contributed by atoms with Gasteiger partial charge in [0.1, 0.15) is 5.75 Å². The van der Waals surface area contributed by atoms with Gasteiger partial charge in [-0.1, -0.05) is 6.92 Å². The van der Waals surface area contributed by atoms with Crippen molar-refractivity contribution < 1.29 is 19.1 Å². The Balaban J connectivity index is 1.57. The predicted octanol–water partition coefficient (Wildman–Crippen LogP) is 0.581. The van der Waals surface area contributed by atoms with Gasteiger partial charge in [0.05, 0.1) is 5.69 Å². The van der Waals surface area contributed by atoms with Crippen molar-refractivity contribution in [3.63, 3.8) is 0 Å². The van der Waals surface area contributed by atoms with Crippen molar-refractivity contribution in [3.05, 3.63) is 18.2 Å². The zero-order valence-corrected chi connectivity index (χ0v) is 15.1. The van der Waals surface area contributed by atoms with E-state index in [-0.39, 0.29) is 18.6 Å². The van der Waals surface area contributed by atoms with Crippen molar-refractivity contribution in [3.8, 4) is 5.75 Å². The summed E-state index contributed by atoms with van der Waals surface area (Å²) in [5.41, 5.74) is 0.995. The highest BCUT2D eigenvalue weighted by molar-refractivity contribution is 6.39. The maximum atomic E-state index is 12.1. The van der Waals surface area contributed by atoms with Gasteiger partial charge in [0.25, 0.3) is 5.91 Å². The maximum absolute atomic E-state index is 12.1. The minimum atomic E-state index is -0.725. The van der Waals surface area contributed by atoms with Gasteiger partial charge in [-0.15, -0.1) is 0 Å². The molecule has 1 atom stereocenters. The third-order valence-electron chi connectivity index (χ3n) is 4.91. The molecule has 0 bridgehead atoms. The molecule has 0 aromatic heterocycles. The van der Waals surface area contributed by atoms with Crippen molar-refractivity contribution in [1.29, 1.82) is 0 Å². The van der Waals surface area contributed by atoms with E-state index in [9.17, 15) is 14.4 Å². The van der Waals surface area contributed by atoms with Crippen LogP contribution >= 0.6 is 0 Å². The van der Waals surface area contributed by atoms with E-state index in [0.717, 1.165) is 25.9 Å². The number of anilines is 2. The lowest BCUT2D eigenvalue weighted by Gasteiger charge is -2.26. The number of nitrogens with zero attached hydrogens (tertiary/aromatic N) is 2. The van der Waals surface area contributed by atoms with Gasteiger partial charge in [-0.25, -0.2) is 0 Å². The van der Waals surface area contributed by atoms with Crippen LogP contribution in [0.4, 0.5) is 11.4 Å². The molecule has 1 saturated heterocycles. The molecule has 8 nitrogen and oxygen atoms in total. The number of carbonyl (C=O) groups is 3. The number of nitrogens with one attached hydrogen (secondary N) is 2. The first-order valence-electron chi connectivity index (χ1n) is 8.86. The largest absolute Gasteiger partial charge is 0.482 e. The molecule has 3 amide bonds. The molecule has 1 fully saturated rings. The lowest BCUT2D eigenvalue weighted by Crippen LogP contribution is -2.43. The fraction of sp³-hybridized carbons (Fsp3) is 0.500. The second-order valence-corrected chi connectivity index (χ2v) is 6.51. The number of hydrogen-bond donors (Lipinski definition) is 2. The highest BCUT2D eigenvalue weighted by Gasteiger charge is 2.25. The van der Waals surface area contributed by atoms with Crippen molar-refractivity contribution in [1.82, 2.24) is 10.2 Å². The Morgan fingerprint density at radius 1 is 1.31 bits per heavy atom. The average molecular weight is 360 g/mol. The minimum absolute atomic E-state index is 0.00639. The number of hydrogen-bond acceptors (Lipinski definition) is 5. The normalized spacial score (nSPS) is 19.7. The third-order valence-corrected chi connectivity index (χ3v) is 4.91. The van der Waals surface area contributed by atoms with Gasteiger partial charge in [-0.3, -0.25) is 19.3 Å². The van der Waals surface area contributed by atoms with Gasteiger partial charge < -0.3 is 20.3 Å². The zero-order chi connectivity index (χ0) is 18.7. The molecule has 140 valence electrons. The summed E-state index contributed by atoms with van der Waals surface area (Å²) in [6, 6.07) is 5.22. The van der Waals surface area contributed by atoms with Crippen LogP contribution in [0.5, 0.6) is 5.75 Å². The minimum Gasteiger partial charge on any atom is -0.482 e. The summed E-state index contributed by atoms with van der Waals surface area (Å²) in [5.74, 6) is -0.991. The molecule has 0 saturated carbocycles. The van der Waals surface area contributed by atoms with Crippen LogP contribution in [0.2, 0.25) is 0 Å². The summed E-state index contributed by atoms with van der Waals surface area (Å²) in [4.78, 5) is 39.7. The van der Waals surface area contributed by atoms with E-state index in [2.05, 4.69) is 22.5 Å². The molecule has 0 spiro atoms. The second-order valence-electron chi connectivity index (χ2n) is 6.51. The van der Waals surface area contributed by atoms with Gasteiger partial charge >= 0.3 is 11.8 Å². The van der Waals surface area contributed by atoms with E-state index in [0.29, 0.717) is 23.7 Å². The molecule has 2 aliphatic rings. The first-order chi connectivity index (χ1) is 12.5. The van der Waals surface area contributed by atoms with Crippen LogP contribution in [0.25, 0.3) is 0 Å². The van der Waals surface area contributed by atoms with Crippen LogP contribution in [0.1, 0.15) is 19.8 Å². The summed E-state index contributed by atoms with van der Waals surface area (Å²) < 4.78 is 5.34. The molecular formula is C18H24N4O4. The van der Waals surface area contributed by atoms with E-state index in [1.165, 1.54) is 4.90 Å². The molecule has 1 aromatic rings. The molecular weight excluding hydrogens is 336 g/mol. The lowest BCUT2D eigenvalue weighted by atomic mass is 10.2. The molecule has 0 unspecified atom stereocenters. The number of benzene rings is 1. The van der Waals surface area contributed by atoms with Crippen molar-refractivity contribution in [2.75, 3.05) is 43.5 Å². The molecule has 2 heterocycles. The highest BCUT2D eigenvalue weighted by atomic mass is 16.5. The number of likely N-dealkylation sites (N-methyl/N-ethyl adjacent to an activating group) is 2. The summed E-state index contributed by atoms with van der Waals surface area (Å²) in [6.45, 7) is 4.53. The Bertz CT molecular complexity index is 721. The van der Waals surface area contributed by atoms with Crippen molar-refractivity contribution >= 4 is 29.1 Å². The summed E-state index contributed by atoms with van der Waals surface area (Å²) >= 11 is 0. The molecule has 1 aromatic carbocycles. The van der Waals surface area contributed by atoms with E-state index in [4.69, 9.17) is 4.74 Å². The van der Waals surface area contributed by atoms with E-state index < -0.39 is 11.8 Å². The van der Waals surface area contributed by atoms with Crippen LogP contribution in [-0.2, 0) is 14.4 Å². The molecule has 8 heteroatoms. The van der Waals surface area contributed by atoms with Gasteiger partial charge in [0, 0.05) is 25.3 Å². The quantitative estimate of drug-likeness (QED) is 0.767. The van der Waals surface area contributed by atoms with Crippen LogP contribution in [0.15, 0.2) is 18.2 Å². The summed E-state index contributed by atoms with van der Waals surface area (Å²) in [6.07, 6.45) is 2.14. The Kier molecular flexibility index (Phi) is 5.41. The number of carbonyl (C=O) groups excluding carboxylic acids is 3. The number of likely N-dealkylation sites (tertiary alicyclic amines) is 1. The maximum Gasteiger partial charge on any atom is 0.313 e. The standard InChI is InChI=1S/C18H24N4O4/c1-3-22-8-4-5-13(22)10-19-17(24)18(25)20-12-6-7-15-14(9-12)21(2)16(23)11-26-15/h6-7,9,13H,3-5,8,10-11H2,1-2H3,(H,19,24)(H,20,25)/t13-/m1/s1. The molecule has 2 aliphatic heterocycles. The van der Waals surface area contributed by atoms with Crippen LogP contribution in [0, 0.1) is 0 Å². The topological polar surface area (TPSA) is 91.0 Å². The molecule has 2 N–H and O–H groups in total. The Morgan fingerprint density at radius 3 is 2.88 bits per heavy atom. The average Bonchev–Trinajstić information content (AvgIpc) is 3.10. The first-order valence-corrected chi connectivity index (χ1v) is 8.86. The highest BCUT2D eigenvalue weighted by Crippen LogP contribution is 2.33. The summed E-state index contributed by atoms with van der Waals surface area (Å²) in [5, 5.41) is 5.27. The van der Waals surface area contributed by atoms with Crippen LogP contribution < -0.4 is 20.3 Å². The molecule has 0 radical (unpaired) electrons.